The second-order valence-electron chi connectivity index (χ2n) is 5.62. The van der Waals surface area contributed by atoms with Gasteiger partial charge in [0.15, 0.2) is 0 Å². The Bertz CT molecular complexity index is 354. The Labute approximate surface area is 107 Å². The number of ether oxygens (including phenoxy) is 1. The van der Waals surface area contributed by atoms with E-state index in [-0.39, 0.29) is 24.2 Å². The number of hydrogen-bond acceptors (Lipinski definition) is 3. The molecule has 0 spiro atoms. The molecule has 1 N–H and O–H groups in total. The topological polar surface area (TPSA) is 66.8 Å². The lowest BCUT2D eigenvalue weighted by atomic mass is 9.82. The molecule has 2 rings (SSSR count). The first-order chi connectivity index (χ1) is 8.36. The second kappa shape index (κ2) is 4.53. The van der Waals surface area contributed by atoms with Gasteiger partial charge in [0.25, 0.3) is 0 Å². The summed E-state index contributed by atoms with van der Waals surface area (Å²) in [5.41, 5.74) is -1.08. The lowest BCUT2D eigenvalue weighted by molar-refractivity contribution is -0.176. The van der Waals surface area contributed by atoms with E-state index in [4.69, 9.17) is 4.74 Å². The molecule has 1 aliphatic heterocycles. The number of nitrogens with zero attached hydrogens (tertiary/aromatic N) is 1. The van der Waals surface area contributed by atoms with Gasteiger partial charge < -0.3 is 14.7 Å². The molecule has 2 atom stereocenters. The van der Waals surface area contributed by atoms with E-state index in [0.29, 0.717) is 12.8 Å². The number of hydrogen-bond donors (Lipinski definition) is 1. The molecule has 2 aliphatic rings. The lowest BCUT2D eigenvalue weighted by Gasteiger charge is -2.46. The summed E-state index contributed by atoms with van der Waals surface area (Å²) in [6.07, 6.45) is 2.32. The van der Waals surface area contributed by atoms with Crippen molar-refractivity contribution in [2.45, 2.75) is 70.2 Å². The first kappa shape index (κ1) is 13.3. The van der Waals surface area contributed by atoms with E-state index >= 15 is 0 Å². The first-order valence-electron chi connectivity index (χ1n) is 6.55. The molecule has 1 aliphatic carbocycles. The number of carboxylic acids is 1. The molecular formula is C13H21NO4. The van der Waals surface area contributed by atoms with Crippen LogP contribution >= 0.6 is 0 Å². The molecule has 1 amide bonds. The number of carbonyl (C=O) groups is 2. The van der Waals surface area contributed by atoms with E-state index in [0.717, 1.165) is 12.8 Å². The highest BCUT2D eigenvalue weighted by atomic mass is 16.5. The molecule has 102 valence electrons. The van der Waals surface area contributed by atoms with Crippen LogP contribution in [0.4, 0.5) is 0 Å². The third-order valence-corrected chi connectivity index (χ3v) is 3.83. The fourth-order valence-electron chi connectivity index (χ4n) is 3.24. The van der Waals surface area contributed by atoms with Gasteiger partial charge in [-0.3, -0.25) is 4.79 Å². The maximum absolute atomic E-state index is 11.9. The number of aliphatic carboxylic acids is 1. The summed E-state index contributed by atoms with van der Waals surface area (Å²) in [6, 6.07) is 0.107. The summed E-state index contributed by atoms with van der Waals surface area (Å²) in [7, 11) is 0. The molecule has 2 unspecified atom stereocenters. The second-order valence-corrected chi connectivity index (χ2v) is 5.62. The van der Waals surface area contributed by atoms with Crippen LogP contribution in [0.2, 0.25) is 0 Å². The Balaban J connectivity index is 2.35. The van der Waals surface area contributed by atoms with Crippen LogP contribution in [0.1, 0.15) is 46.5 Å². The van der Waals surface area contributed by atoms with Crippen molar-refractivity contribution >= 4 is 11.9 Å². The first-order valence-corrected chi connectivity index (χ1v) is 6.55. The smallest absolute Gasteiger partial charge is 0.329 e. The Morgan fingerprint density at radius 2 is 1.72 bits per heavy atom. The van der Waals surface area contributed by atoms with Crippen molar-refractivity contribution in [3.8, 4) is 0 Å². The van der Waals surface area contributed by atoms with Crippen molar-refractivity contribution in [1.82, 2.24) is 4.90 Å². The normalized spacial score (nSPS) is 36.2. The lowest BCUT2D eigenvalue weighted by Crippen LogP contribution is -2.62. The van der Waals surface area contributed by atoms with Crippen LogP contribution in [0.5, 0.6) is 0 Å². The van der Waals surface area contributed by atoms with Crippen LogP contribution in [0, 0.1) is 0 Å². The van der Waals surface area contributed by atoms with Crippen LogP contribution in [0.3, 0.4) is 0 Å². The highest BCUT2D eigenvalue weighted by molar-refractivity contribution is 5.86. The van der Waals surface area contributed by atoms with E-state index in [9.17, 15) is 14.7 Å². The SMILES string of the molecule is CC(=O)N(C1CC1)C1(C(=O)O)CC(C)OC(C)C1. The van der Waals surface area contributed by atoms with Crippen LogP contribution in [-0.4, -0.2) is 45.7 Å². The molecular weight excluding hydrogens is 234 g/mol. The predicted octanol–water partition coefficient (Wildman–Crippen LogP) is 1.41. The van der Waals surface area contributed by atoms with Gasteiger partial charge in [-0.2, -0.15) is 0 Å². The van der Waals surface area contributed by atoms with Gasteiger partial charge in [-0.25, -0.2) is 4.79 Å². The molecule has 1 saturated heterocycles. The van der Waals surface area contributed by atoms with Crippen molar-refractivity contribution in [2.75, 3.05) is 0 Å². The number of carbonyl (C=O) groups excluding carboxylic acids is 1. The van der Waals surface area contributed by atoms with Crippen LogP contribution in [0.15, 0.2) is 0 Å². The summed E-state index contributed by atoms with van der Waals surface area (Å²) in [6.45, 7) is 5.21. The largest absolute Gasteiger partial charge is 0.479 e. The predicted molar refractivity (Wildman–Crippen MR) is 65.2 cm³/mol. The van der Waals surface area contributed by atoms with Gasteiger partial charge in [0, 0.05) is 25.8 Å². The highest BCUT2D eigenvalue weighted by Crippen LogP contribution is 2.41. The average Bonchev–Trinajstić information content (AvgIpc) is 2.99. The van der Waals surface area contributed by atoms with Gasteiger partial charge in [-0.15, -0.1) is 0 Å². The van der Waals surface area contributed by atoms with Gasteiger partial charge in [0.1, 0.15) is 5.54 Å². The molecule has 0 aromatic rings. The Morgan fingerprint density at radius 3 is 2.06 bits per heavy atom. The van der Waals surface area contributed by atoms with Gasteiger partial charge in [-0.05, 0) is 26.7 Å². The molecule has 1 saturated carbocycles. The summed E-state index contributed by atoms with van der Waals surface area (Å²) >= 11 is 0. The molecule has 5 nitrogen and oxygen atoms in total. The third kappa shape index (κ3) is 2.23. The number of amides is 1. The van der Waals surface area contributed by atoms with Gasteiger partial charge in [0.2, 0.25) is 5.91 Å². The van der Waals surface area contributed by atoms with E-state index in [1.807, 2.05) is 13.8 Å². The summed E-state index contributed by atoms with van der Waals surface area (Å²) in [5, 5.41) is 9.67. The van der Waals surface area contributed by atoms with E-state index < -0.39 is 11.5 Å². The molecule has 5 heteroatoms. The number of rotatable bonds is 3. The zero-order valence-corrected chi connectivity index (χ0v) is 11.2. The molecule has 0 radical (unpaired) electrons. The zero-order chi connectivity index (χ0) is 13.5. The van der Waals surface area contributed by atoms with E-state index in [1.54, 1.807) is 4.90 Å². The van der Waals surface area contributed by atoms with Crippen molar-refractivity contribution in [3.63, 3.8) is 0 Å². The van der Waals surface area contributed by atoms with Gasteiger partial charge in [0.05, 0.1) is 12.2 Å². The zero-order valence-electron chi connectivity index (χ0n) is 11.2. The maximum Gasteiger partial charge on any atom is 0.329 e. The van der Waals surface area contributed by atoms with Crippen molar-refractivity contribution in [3.05, 3.63) is 0 Å². The summed E-state index contributed by atoms with van der Waals surface area (Å²) in [5.74, 6) is -1.03. The minimum Gasteiger partial charge on any atom is -0.479 e. The fourth-order valence-corrected chi connectivity index (χ4v) is 3.24. The fraction of sp³-hybridized carbons (Fsp3) is 0.846. The van der Waals surface area contributed by atoms with E-state index in [2.05, 4.69) is 0 Å². The number of carboxylic acid groups (broad SMARTS) is 1. The molecule has 2 fully saturated rings. The molecule has 18 heavy (non-hydrogen) atoms. The minimum atomic E-state index is -1.08. The molecule has 0 aromatic carbocycles. The van der Waals surface area contributed by atoms with Crippen LogP contribution in [-0.2, 0) is 14.3 Å². The summed E-state index contributed by atoms with van der Waals surface area (Å²) in [4.78, 5) is 25.3. The Morgan fingerprint density at radius 1 is 1.22 bits per heavy atom. The van der Waals surface area contributed by atoms with Crippen LogP contribution in [0.25, 0.3) is 0 Å². The van der Waals surface area contributed by atoms with Crippen molar-refractivity contribution < 1.29 is 19.4 Å². The standard InChI is InChI=1S/C13H21NO4/c1-8-6-13(12(16)17,7-9(2)18-8)14(10(3)15)11-4-5-11/h8-9,11H,4-7H2,1-3H3,(H,16,17). The molecule has 0 aromatic heterocycles. The monoisotopic (exact) mass is 255 g/mol. The van der Waals surface area contributed by atoms with E-state index in [1.165, 1.54) is 6.92 Å². The minimum absolute atomic E-state index is 0.107. The van der Waals surface area contributed by atoms with Crippen molar-refractivity contribution in [2.24, 2.45) is 0 Å². The van der Waals surface area contributed by atoms with Gasteiger partial charge >= 0.3 is 5.97 Å². The quantitative estimate of drug-likeness (QED) is 0.828. The maximum atomic E-state index is 11.9. The highest BCUT2D eigenvalue weighted by Gasteiger charge is 2.54. The third-order valence-electron chi connectivity index (χ3n) is 3.83. The summed E-state index contributed by atoms with van der Waals surface area (Å²) < 4.78 is 5.62. The van der Waals surface area contributed by atoms with Crippen molar-refractivity contribution in [1.29, 1.82) is 0 Å². The molecule has 0 bridgehead atoms. The van der Waals surface area contributed by atoms with Crippen LogP contribution < -0.4 is 0 Å². The Kier molecular flexibility index (Phi) is 3.36. The molecule has 1 heterocycles. The van der Waals surface area contributed by atoms with Gasteiger partial charge in [-0.1, -0.05) is 0 Å². The average molecular weight is 255 g/mol. The Hall–Kier alpha value is -1.10.